The molecule has 4 rings (SSSR count). The molecular formula is C23H29FN6O. The Balaban J connectivity index is 1.30. The van der Waals surface area contributed by atoms with Crippen molar-refractivity contribution in [2.24, 2.45) is 4.99 Å². The molecule has 0 bridgehead atoms. The van der Waals surface area contributed by atoms with Crippen LogP contribution < -0.4 is 10.1 Å². The molecule has 8 heteroatoms. The molecule has 0 saturated carbocycles. The Labute approximate surface area is 182 Å². The molecule has 1 N–H and O–H groups in total. The zero-order chi connectivity index (χ0) is 21.8. The second-order valence-corrected chi connectivity index (χ2v) is 7.76. The fourth-order valence-electron chi connectivity index (χ4n) is 3.97. The number of hydrogen-bond donors (Lipinski definition) is 1. The van der Waals surface area contributed by atoms with E-state index in [-0.39, 0.29) is 11.6 Å². The Morgan fingerprint density at radius 2 is 2.00 bits per heavy atom. The van der Waals surface area contributed by atoms with Crippen LogP contribution in [-0.2, 0) is 13.1 Å². The third-order valence-electron chi connectivity index (χ3n) is 5.68. The maximum atomic E-state index is 14.0. The summed E-state index contributed by atoms with van der Waals surface area (Å²) in [5.41, 5.74) is 4.05. The van der Waals surface area contributed by atoms with Crippen molar-refractivity contribution in [3.63, 3.8) is 0 Å². The summed E-state index contributed by atoms with van der Waals surface area (Å²) in [6.07, 6.45) is 2.07. The molecule has 7 nitrogen and oxygen atoms in total. The third-order valence-corrected chi connectivity index (χ3v) is 5.68. The average Bonchev–Trinajstić information content (AvgIpc) is 3.20. The molecule has 3 aromatic rings. The number of aromatic nitrogens is 2. The van der Waals surface area contributed by atoms with Gasteiger partial charge in [-0.05, 0) is 36.8 Å². The number of methoxy groups -OCH3 is 1. The number of aliphatic imine (C=N–C) groups is 1. The van der Waals surface area contributed by atoms with E-state index in [1.807, 2.05) is 25.2 Å². The summed E-state index contributed by atoms with van der Waals surface area (Å²) in [4.78, 5) is 13.7. The highest BCUT2D eigenvalue weighted by atomic mass is 19.1. The lowest BCUT2D eigenvalue weighted by molar-refractivity contribution is 0.172. The number of aryl methyl sites for hydroxylation is 1. The van der Waals surface area contributed by atoms with Crippen molar-refractivity contribution in [2.45, 2.75) is 20.0 Å². The van der Waals surface area contributed by atoms with Crippen LogP contribution in [0.15, 0.2) is 47.6 Å². The summed E-state index contributed by atoms with van der Waals surface area (Å²) in [5, 5.41) is 3.44. The van der Waals surface area contributed by atoms with Crippen LogP contribution in [0.5, 0.6) is 5.75 Å². The van der Waals surface area contributed by atoms with E-state index < -0.39 is 0 Å². The van der Waals surface area contributed by atoms with Crippen LogP contribution >= 0.6 is 0 Å². The monoisotopic (exact) mass is 424 g/mol. The molecule has 164 valence electrons. The van der Waals surface area contributed by atoms with Gasteiger partial charge in [0.05, 0.1) is 19.3 Å². The van der Waals surface area contributed by atoms with Crippen molar-refractivity contribution in [3.05, 3.63) is 65.4 Å². The van der Waals surface area contributed by atoms with Gasteiger partial charge in [0.15, 0.2) is 17.5 Å². The van der Waals surface area contributed by atoms with Crippen molar-refractivity contribution in [1.29, 1.82) is 0 Å². The van der Waals surface area contributed by atoms with E-state index in [9.17, 15) is 4.39 Å². The minimum Gasteiger partial charge on any atom is -0.494 e. The van der Waals surface area contributed by atoms with Gasteiger partial charge in [0.1, 0.15) is 5.65 Å². The molecule has 0 amide bonds. The Hall–Kier alpha value is -3.13. The molecule has 1 saturated heterocycles. The summed E-state index contributed by atoms with van der Waals surface area (Å²) < 4.78 is 21.0. The normalized spacial score (nSPS) is 15.5. The van der Waals surface area contributed by atoms with Crippen molar-refractivity contribution >= 4 is 11.6 Å². The number of pyridine rings is 1. The first-order valence-corrected chi connectivity index (χ1v) is 10.5. The van der Waals surface area contributed by atoms with Gasteiger partial charge in [-0.3, -0.25) is 9.89 Å². The summed E-state index contributed by atoms with van der Waals surface area (Å²) in [6, 6.07) is 11.3. The molecule has 1 fully saturated rings. The van der Waals surface area contributed by atoms with E-state index in [1.165, 1.54) is 7.11 Å². The zero-order valence-electron chi connectivity index (χ0n) is 18.3. The van der Waals surface area contributed by atoms with E-state index in [2.05, 4.69) is 48.7 Å². The lowest BCUT2D eigenvalue weighted by Crippen LogP contribution is -2.52. The smallest absolute Gasteiger partial charge is 0.194 e. The van der Waals surface area contributed by atoms with Crippen LogP contribution in [0.25, 0.3) is 5.65 Å². The number of benzene rings is 1. The maximum absolute atomic E-state index is 14.0. The number of hydrogen-bond acceptors (Lipinski definition) is 4. The van der Waals surface area contributed by atoms with Gasteiger partial charge in [-0.15, -0.1) is 0 Å². The van der Waals surface area contributed by atoms with Crippen molar-refractivity contribution in [3.8, 4) is 5.75 Å². The molecule has 2 aromatic heterocycles. The molecule has 3 heterocycles. The summed E-state index contributed by atoms with van der Waals surface area (Å²) in [6.45, 7) is 6.93. The van der Waals surface area contributed by atoms with Gasteiger partial charge in [0.2, 0.25) is 0 Å². The van der Waals surface area contributed by atoms with Gasteiger partial charge in [0.25, 0.3) is 0 Å². The topological polar surface area (TPSA) is 57.4 Å². The molecule has 31 heavy (non-hydrogen) atoms. The summed E-state index contributed by atoms with van der Waals surface area (Å²) in [5.74, 6) is 0.846. The van der Waals surface area contributed by atoms with Crippen molar-refractivity contribution in [1.82, 2.24) is 24.5 Å². The molecule has 1 aromatic carbocycles. The number of nitrogens with one attached hydrogen (secondary N) is 1. The lowest BCUT2D eigenvalue weighted by atomic mass is 10.2. The number of halogens is 1. The number of nitrogens with zero attached hydrogens (tertiary/aromatic N) is 5. The molecular weight excluding hydrogens is 395 g/mol. The van der Waals surface area contributed by atoms with Crippen molar-refractivity contribution < 1.29 is 9.13 Å². The predicted octanol–water partition coefficient (Wildman–Crippen LogP) is 2.68. The number of imidazole rings is 1. The Bertz CT molecular complexity index is 1070. The molecule has 0 unspecified atom stereocenters. The van der Waals surface area contributed by atoms with Gasteiger partial charge >= 0.3 is 0 Å². The standard InChI is InChI=1S/C23H29FN6O/c1-17-5-4-6-22-27-19(16-30(17)22)14-26-23(25-2)29-11-9-28(10-12-29)15-18-7-8-21(31-3)20(24)13-18/h4-8,13,16H,9-12,14-15H2,1-3H3,(H,25,26). The molecule has 1 aliphatic rings. The van der Waals surface area contributed by atoms with Crippen LogP contribution in [0.1, 0.15) is 17.0 Å². The van der Waals surface area contributed by atoms with Gasteiger partial charge < -0.3 is 19.4 Å². The number of guanidine groups is 1. The second-order valence-electron chi connectivity index (χ2n) is 7.76. The highest BCUT2D eigenvalue weighted by Gasteiger charge is 2.20. The molecule has 0 spiro atoms. The van der Waals surface area contributed by atoms with Gasteiger partial charge in [-0.1, -0.05) is 12.1 Å². The number of rotatable bonds is 5. The van der Waals surface area contributed by atoms with E-state index in [0.717, 1.165) is 61.3 Å². The first-order valence-electron chi connectivity index (χ1n) is 10.5. The lowest BCUT2D eigenvalue weighted by Gasteiger charge is -2.36. The van der Waals surface area contributed by atoms with Gasteiger partial charge in [-0.25, -0.2) is 9.37 Å². The Morgan fingerprint density at radius 3 is 2.68 bits per heavy atom. The van der Waals surface area contributed by atoms with Crippen LogP contribution in [0.4, 0.5) is 4.39 Å². The fraction of sp³-hybridized carbons (Fsp3) is 0.391. The quantitative estimate of drug-likeness (QED) is 0.504. The fourth-order valence-corrected chi connectivity index (χ4v) is 3.97. The minimum atomic E-state index is -0.314. The van der Waals surface area contributed by atoms with E-state index in [1.54, 1.807) is 12.1 Å². The SMILES string of the molecule is CN=C(NCc1cn2c(C)cccc2n1)N1CCN(Cc2ccc(OC)c(F)c2)CC1. The minimum absolute atomic E-state index is 0.282. The van der Waals surface area contributed by atoms with Crippen molar-refractivity contribution in [2.75, 3.05) is 40.3 Å². The highest BCUT2D eigenvalue weighted by Crippen LogP contribution is 2.19. The number of fused-ring (bicyclic) bond motifs is 1. The van der Waals surface area contributed by atoms with Crippen LogP contribution in [0.2, 0.25) is 0 Å². The average molecular weight is 425 g/mol. The van der Waals surface area contributed by atoms with E-state index in [4.69, 9.17) is 4.74 Å². The Morgan fingerprint density at radius 1 is 1.19 bits per heavy atom. The van der Waals surface area contributed by atoms with E-state index >= 15 is 0 Å². The largest absolute Gasteiger partial charge is 0.494 e. The Kier molecular flexibility index (Phi) is 6.36. The molecule has 0 radical (unpaired) electrons. The summed E-state index contributed by atoms with van der Waals surface area (Å²) >= 11 is 0. The maximum Gasteiger partial charge on any atom is 0.194 e. The molecule has 1 aliphatic heterocycles. The number of piperazine rings is 1. The molecule has 0 aliphatic carbocycles. The van der Waals surface area contributed by atoms with Gasteiger partial charge in [-0.2, -0.15) is 0 Å². The first kappa shape index (κ1) is 21.1. The van der Waals surface area contributed by atoms with Gasteiger partial charge in [0, 0.05) is 51.7 Å². The summed E-state index contributed by atoms with van der Waals surface area (Å²) in [7, 11) is 3.29. The highest BCUT2D eigenvalue weighted by molar-refractivity contribution is 5.80. The first-order chi connectivity index (χ1) is 15.1. The second kappa shape index (κ2) is 9.34. The molecule has 0 atom stereocenters. The van der Waals surface area contributed by atoms with Crippen LogP contribution in [0.3, 0.4) is 0 Å². The zero-order valence-corrected chi connectivity index (χ0v) is 18.3. The van der Waals surface area contributed by atoms with Crippen LogP contribution in [0, 0.1) is 12.7 Å². The third kappa shape index (κ3) is 4.80. The number of ether oxygens (including phenoxy) is 1. The van der Waals surface area contributed by atoms with Crippen LogP contribution in [-0.4, -0.2) is 65.5 Å². The van der Waals surface area contributed by atoms with E-state index in [0.29, 0.717) is 6.54 Å². The predicted molar refractivity (Wildman–Crippen MR) is 120 cm³/mol.